The monoisotopic (exact) mass is 220 g/mol. The molecule has 0 atom stereocenters. The predicted molar refractivity (Wildman–Crippen MR) is 37.2 cm³/mol. The zero-order valence-corrected chi connectivity index (χ0v) is 7.14. The summed E-state index contributed by atoms with van der Waals surface area (Å²) in [5.74, 6) is -1.21. The lowest BCUT2D eigenvalue weighted by Gasteiger charge is -1.90. The van der Waals surface area contributed by atoms with Gasteiger partial charge in [-0.05, 0) is 6.08 Å². The molecule has 0 bridgehead atoms. The molecule has 0 aromatic rings. The van der Waals surface area contributed by atoms with Crippen LogP contribution in [0.15, 0.2) is 11.2 Å². The molecule has 0 aliphatic heterocycles. The Morgan fingerprint density at radius 1 is 1.25 bits per heavy atom. The molecule has 0 saturated heterocycles. The van der Waals surface area contributed by atoms with E-state index in [1.165, 1.54) is 0 Å². The van der Waals surface area contributed by atoms with Crippen LogP contribution in [0.5, 0.6) is 0 Å². The maximum Gasteiger partial charge on any atom is 0.321 e. The van der Waals surface area contributed by atoms with Crippen LogP contribution in [0.25, 0.3) is 0 Å². The van der Waals surface area contributed by atoms with Crippen molar-refractivity contribution < 1.29 is 30.3 Å². The van der Waals surface area contributed by atoms with Gasteiger partial charge in [0.05, 0.1) is 5.75 Å². The third-order valence-electron chi connectivity index (χ3n) is 0.701. The van der Waals surface area contributed by atoms with Gasteiger partial charge in [0.2, 0.25) is 5.16 Å². The standard InChI is InChI=1S/C3H5FO6S2/c4-3(12(8,9)10)1-2-11(5,6)7/h1H,2H2,(H,5,6,7)(H,8,9,10). The molecule has 12 heavy (non-hydrogen) atoms. The molecule has 0 aliphatic carbocycles. The maximum absolute atomic E-state index is 12.1. The number of hydrogen-bond donors (Lipinski definition) is 2. The largest absolute Gasteiger partial charge is 0.321 e. The summed E-state index contributed by atoms with van der Waals surface area (Å²) in [6.07, 6.45) is 0.0324. The molecule has 0 aromatic heterocycles. The van der Waals surface area contributed by atoms with Crippen LogP contribution in [0.3, 0.4) is 0 Å². The summed E-state index contributed by atoms with van der Waals surface area (Å²) >= 11 is 0. The summed E-state index contributed by atoms with van der Waals surface area (Å²) in [4.78, 5) is 0. The van der Waals surface area contributed by atoms with Crippen LogP contribution in [-0.2, 0) is 20.2 Å². The van der Waals surface area contributed by atoms with E-state index in [4.69, 9.17) is 9.11 Å². The van der Waals surface area contributed by atoms with E-state index in [0.29, 0.717) is 0 Å². The van der Waals surface area contributed by atoms with E-state index >= 15 is 0 Å². The molecule has 2 N–H and O–H groups in total. The van der Waals surface area contributed by atoms with Crippen LogP contribution in [0, 0.1) is 0 Å². The van der Waals surface area contributed by atoms with Gasteiger partial charge in [0.1, 0.15) is 0 Å². The summed E-state index contributed by atoms with van der Waals surface area (Å²) < 4.78 is 67.7. The highest BCUT2D eigenvalue weighted by molar-refractivity contribution is 7.89. The normalized spacial score (nSPS) is 14.8. The van der Waals surface area contributed by atoms with E-state index in [1.54, 1.807) is 0 Å². The van der Waals surface area contributed by atoms with E-state index in [9.17, 15) is 21.2 Å². The maximum atomic E-state index is 12.1. The Bertz CT molecular complexity index is 375. The van der Waals surface area contributed by atoms with Crippen LogP contribution in [0.1, 0.15) is 0 Å². The van der Waals surface area contributed by atoms with Gasteiger partial charge < -0.3 is 0 Å². The van der Waals surface area contributed by atoms with Crippen molar-refractivity contribution in [1.29, 1.82) is 0 Å². The van der Waals surface area contributed by atoms with E-state index in [0.717, 1.165) is 0 Å². The molecule has 0 amide bonds. The minimum atomic E-state index is -5.01. The van der Waals surface area contributed by atoms with Crippen molar-refractivity contribution >= 4 is 20.2 Å². The van der Waals surface area contributed by atoms with E-state index in [1.807, 2.05) is 0 Å². The lowest BCUT2D eigenvalue weighted by molar-refractivity contribution is 0.473. The minimum absolute atomic E-state index is 0.0324. The number of hydrogen-bond acceptors (Lipinski definition) is 4. The molecule has 6 nitrogen and oxygen atoms in total. The quantitative estimate of drug-likeness (QED) is 0.625. The minimum Gasteiger partial charge on any atom is -0.285 e. The first kappa shape index (κ1) is 11.5. The Balaban J connectivity index is 4.65. The van der Waals surface area contributed by atoms with Gasteiger partial charge in [-0.15, -0.1) is 0 Å². The molecule has 0 saturated carbocycles. The average molecular weight is 220 g/mol. The second-order valence-corrected chi connectivity index (χ2v) is 4.57. The van der Waals surface area contributed by atoms with Gasteiger partial charge in [0.15, 0.2) is 0 Å². The summed E-state index contributed by atoms with van der Waals surface area (Å²) in [6, 6.07) is 0. The van der Waals surface area contributed by atoms with Gasteiger partial charge >= 0.3 is 10.1 Å². The molecule has 9 heteroatoms. The molecule has 0 aliphatic rings. The SMILES string of the molecule is O=S(=O)(O)CC=C(F)S(=O)(=O)O. The molecule has 0 aromatic carbocycles. The summed E-state index contributed by atoms with van der Waals surface area (Å²) in [7, 11) is -9.48. The first-order valence-electron chi connectivity index (χ1n) is 2.41. The topological polar surface area (TPSA) is 109 Å². The van der Waals surface area contributed by atoms with Crippen molar-refractivity contribution in [3.63, 3.8) is 0 Å². The van der Waals surface area contributed by atoms with Gasteiger partial charge in [-0.2, -0.15) is 21.2 Å². The lowest BCUT2D eigenvalue weighted by atomic mass is 10.7. The fraction of sp³-hybridized carbons (Fsp3) is 0.333. The highest BCUT2D eigenvalue weighted by atomic mass is 32.2. The molecule has 0 unspecified atom stereocenters. The van der Waals surface area contributed by atoms with Crippen molar-refractivity contribution in [2.45, 2.75) is 0 Å². The fourth-order valence-corrected chi connectivity index (χ4v) is 1.03. The molecule has 0 spiro atoms. The molecule has 0 rings (SSSR count). The van der Waals surface area contributed by atoms with Crippen LogP contribution in [0.2, 0.25) is 0 Å². The van der Waals surface area contributed by atoms with E-state index in [2.05, 4.69) is 0 Å². The molecule has 72 valence electrons. The predicted octanol–water partition coefficient (Wildman–Crippen LogP) is -0.427. The van der Waals surface area contributed by atoms with Crippen molar-refractivity contribution in [3.8, 4) is 0 Å². The highest BCUT2D eigenvalue weighted by Crippen LogP contribution is 2.04. The van der Waals surface area contributed by atoms with Crippen LogP contribution < -0.4 is 0 Å². The molecule has 0 fully saturated rings. The van der Waals surface area contributed by atoms with Crippen molar-refractivity contribution in [3.05, 3.63) is 11.2 Å². The molecular formula is C3H5FO6S2. The van der Waals surface area contributed by atoms with Crippen LogP contribution >= 0.6 is 0 Å². The van der Waals surface area contributed by atoms with E-state index < -0.39 is 31.1 Å². The summed E-state index contributed by atoms with van der Waals surface area (Å²) in [6.45, 7) is 0. The Labute approximate surface area is 68.2 Å². The zero-order valence-electron chi connectivity index (χ0n) is 5.51. The van der Waals surface area contributed by atoms with Crippen LogP contribution in [0.4, 0.5) is 4.39 Å². The summed E-state index contributed by atoms with van der Waals surface area (Å²) in [5, 5.41) is -2.01. The Hall–Kier alpha value is -0.510. The first-order chi connectivity index (χ1) is 5.13. The summed E-state index contributed by atoms with van der Waals surface area (Å²) in [5.41, 5.74) is 0. The van der Waals surface area contributed by atoms with Crippen molar-refractivity contribution in [1.82, 2.24) is 0 Å². The van der Waals surface area contributed by atoms with Crippen molar-refractivity contribution in [2.24, 2.45) is 0 Å². The average Bonchev–Trinajstić information content (AvgIpc) is 1.78. The third-order valence-corrected chi connectivity index (χ3v) is 1.95. The second kappa shape index (κ2) is 3.47. The number of halogens is 1. The fourth-order valence-electron chi connectivity index (χ4n) is 0.276. The Morgan fingerprint density at radius 3 is 1.92 bits per heavy atom. The van der Waals surface area contributed by atoms with Gasteiger partial charge in [-0.1, -0.05) is 0 Å². The second-order valence-electron chi connectivity index (χ2n) is 1.73. The van der Waals surface area contributed by atoms with Gasteiger partial charge in [0.25, 0.3) is 10.1 Å². The van der Waals surface area contributed by atoms with Gasteiger partial charge in [0, 0.05) is 0 Å². The van der Waals surface area contributed by atoms with Crippen molar-refractivity contribution in [2.75, 3.05) is 5.75 Å². The van der Waals surface area contributed by atoms with E-state index in [-0.39, 0.29) is 6.08 Å². The lowest BCUT2D eigenvalue weighted by Crippen LogP contribution is -2.04. The molecule has 0 heterocycles. The van der Waals surface area contributed by atoms with Gasteiger partial charge in [-0.25, -0.2) is 0 Å². The Morgan fingerprint density at radius 2 is 1.67 bits per heavy atom. The van der Waals surface area contributed by atoms with Gasteiger partial charge in [-0.3, -0.25) is 9.11 Å². The molecular weight excluding hydrogens is 215 g/mol. The number of rotatable bonds is 3. The first-order valence-corrected chi connectivity index (χ1v) is 5.46. The zero-order chi connectivity index (χ0) is 9.99. The Kier molecular flexibility index (Phi) is 3.33. The third kappa shape index (κ3) is 5.18. The highest BCUT2D eigenvalue weighted by Gasteiger charge is 2.13. The smallest absolute Gasteiger partial charge is 0.285 e. The molecule has 0 radical (unpaired) electrons. The van der Waals surface area contributed by atoms with Crippen LogP contribution in [-0.4, -0.2) is 31.7 Å².